The number of hydrogen-bond acceptors (Lipinski definition) is 5. The van der Waals surface area contributed by atoms with E-state index in [2.05, 4.69) is 9.97 Å². The smallest absolute Gasteiger partial charge is 0.330 e. The first-order chi connectivity index (χ1) is 11.3. The maximum Gasteiger partial charge on any atom is 0.330 e. The van der Waals surface area contributed by atoms with Gasteiger partial charge in [0.15, 0.2) is 0 Å². The molecule has 1 aromatic carbocycles. The number of fused-ring (bicyclic) bond motifs is 1. The van der Waals surface area contributed by atoms with Crippen molar-refractivity contribution in [3.63, 3.8) is 0 Å². The van der Waals surface area contributed by atoms with E-state index >= 15 is 0 Å². The number of nitrogens with zero attached hydrogens (tertiary/aromatic N) is 2. The first kappa shape index (κ1) is 17.1. The van der Waals surface area contributed by atoms with Gasteiger partial charge in [0, 0.05) is 11.8 Å². The quantitative estimate of drug-likeness (QED) is 0.726. The van der Waals surface area contributed by atoms with Gasteiger partial charge in [0.1, 0.15) is 15.4 Å². The van der Waals surface area contributed by atoms with Gasteiger partial charge >= 0.3 is 7.48 Å². The summed E-state index contributed by atoms with van der Waals surface area (Å²) in [5.74, 6) is 0. The minimum atomic E-state index is -0.945. The van der Waals surface area contributed by atoms with Crippen LogP contribution in [0.5, 0.6) is 0 Å². The van der Waals surface area contributed by atoms with Gasteiger partial charge in [-0.2, -0.15) is 0 Å². The van der Waals surface area contributed by atoms with Gasteiger partial charge in [-0.25, -0.2) is 9.97 Å². The molecule has 1 radical (unpaired) electrons. The topological polar surface area (TPSA) is 55.2 Å². The first-order valence-corrected chi connectivity index (χ1v) is 8.63. The van der Waals surface area contributed by atoms with E-state index in [9.17, 15) is 5.11 Å². The van der Waals surface area contributed by atoms with Crippen LogP contribution in [0, 0.1) is 0 Å². The zero-order chi connectivity index (χ0) is 17.4. The van der Waals surface area contributed by atoms with Crippen LogP contribution in [0.15, 0.2) is 42.6 Å². The molecular formula is C18H20BN2O2S. The van der Waals surface area contributed by atoms with Crippen LogP contribution in [0.4, 0.5) is 0 Å². The van der Waals surface area contributed by atoms with Crippen molar-refractivity contribution in [3.8, 4) is 10.6 Å². The summed E-state index contributed by atoms with van der Waals surface area (Å²) in [5.41, 5.74) is 1.22. The molecule has 24 heavy (non-hydrogen) atoms. The molecule has 0 fully saturated rings. The van der Waals surface area contributed by atoms with Crippen LogP contribution < -0.4 is 5.46 Å². The monoisotopic (exact) mass is 339 g/mol. The maximum atomic E-state index is 10.2. The lowest BCUT2D eigenvalue weighted by molar-refractivity contribution is -0.0893. The molecule has 123 valence electrons. The Kier molecular flexibility index (Phi) is 4.47. The molecule has 3 aromatic rings. The molecule has 4 nitrogen and oxygen atoms in total. The Hall–Kier alpha value is -1.76. The van der Waals surface area contributed by atoms with E-state index < -0.39 is 11.2 Å². The van der Waals surface area contributed by atoms with Gasteiger partial charge in [-0.15, -0.1) is 0 Å². The number of aliphatic hydroxyl groups is 1. The Morgan fingerprint density at radius 2 is 1.92 bits per heavy atom. The molecule has 0 saturated carbocycles. The summed E-state index contributed by atoms with van der Waals surface area (Å²) in [6.45, 7) is 7.22. The summed E-state index contributed by atoms with van der Waals surface area (Å²) in [7, 11) is 1.69. The Morgan fingerprint density at radius 1 is 1.12 bits per heavy atom. The highest BCUT2D eigenvalue weighted by molar-refractivity contribution is 7.21. The van der Waals surface area contributed by atoms with Crippen molar-refractivity contribution < 1.29 is 9.76 Å². The highest BCUT2D eigenvalue weighted by Gasteiger charge is 2.35. The van der Waals surface area contributed by atoms with Crippen LogP contribution in [0.25, 0.3) is 20.9 Å². The van der Waals surface area contributed by atoms with Crippen molar-refractivity contribution in [2.75, 3.05) is 0 Å². The molecular weight excluding hydrogens is 319 g/mol. The molecule has 0 aliphatic heterocycles. The van der Waals surface area contributed by atoms with Crippen LogP contribution in [-0.2, 0) is 4.65 Å². The summed E-state index contributed by atoms with van der Waals surface area (Å²) in [4.78, 5) is 9.91. The van der Waals surface area contributed by atoms with Gasteiger partial charge in [-0.3, -0.25) is 0 Å². The standard InChI is InChI=1S/C18H20BN2O2S/c1-17(2,22)18(3,4)23-19-13-8-5-7-12(11-13)15-21-14-9-6-10-20-16(14)24-15/h5-11,22H,1-4H3. The van der Waals surface area contributed by atoms with Crippen LogP contribution in [0.2, 0.25) is 0 Å². The van der Waals surface area contributed by atoms with E-state index in [0.29, 0.717) is 0 Å². The molecule has 0 atom stereocenters. The predicted octanol–water partition coefficient (Wildman–Crippen LogP) is 3.17. The van der Waals surface area contributed by atoms with E-state index in [1.807, 2.05) is 50.2 Å². The third kappa shape index (κ3) is 3.51. The first-order valence-electron chi connectivity index (χ1n) is 7.82. The SMILES string of the molecule is CC(C)(O)C(C)(C)O[B]c1cccc(-c2nc3cccnc3s2)c1. The Balaban J connectivity index is 1.82. The Morgan fingerprint density at radius 3 is 2.62 bits per heavy atom. The minimum Gasteiger partial charge on any atom is -0.427 e. The molecule has 0 unspecified atom stereocenters. The largest absolute Gasteiger partial charge is 0.427 e. The number of thiazole rings is 1. The Bertz CT molecular complexity index is 822. The molecule has 0 amide bonds. The maximum absolute atomic E-state index is 10.2. The molecule has 0 saturated heterocycles. The van der Waals surface area contributed by atoms with Gasteiger partial charge in [0.2, 0.25) is 0 Å². The average molecular weight is 339 g/mol. The van der Waals surface area contributed by atoms with Crippen molar-refractivity contribution >= 4 is 34.6 Å². The molecule has 2 aromatic heterocycles. The molecule has 1 N–H and O–H groups in total. The minimum absolute atomic E-state index is 0.692. The molecule has 0 aliphatic carbocycles. The highest BCUT2D eigenvalue weighted by atomic mass is 32.1. The van der Waals surface area contributed by atoms with Crippen LogP contribution in [0.1, 0.15) is 27.7 Å². The molecule has 0 aliphatic rings. The van der Waals surface area contributed by atoms with E-state index in [1.54, 1.807) is 38.9 Å². The van der Waals surface area contributed by atoms with E-state index in [4.69, 9.17) is 4.65 Å². The van der Waals surface area contributed by atoms with Crippen molar-refractivity contribution in [2.45, 2.75) is 38.9 Å². The predicted molar refractivity (Wildman–Crippen MR) is 99.7 cm³/mol. The molecule has 0 bridgehead atoms. The third-order valence-electron chi connectivity index (χ3n) is 4.26. The summed E-state index contributed by atoms with van der Waals surface area (Å²) < 4.78 is 5.83. The van der Waals surface area contributed by atoms with Crippen LogP contribution >= 0.6 is 11.3 Å². The summed E-state index contributed by atoms with van der Waals surface area (Å²) in [6, 6.07) is 11.8. The van der Waals surface area contributed by atoms with Crippen molar-refractivity contribution in [1.82, 2.24) is 9.97 Å². The molecule has 2 heterocycles. The second kappa shape index (κ2) is 6.28. The number of hydrogen-bond donors (Lipinski definition) is 1. The van der Waals surface area contributed by atoms with Gasteiger partial charge < -0.3 is 9.76 Å². The summed E-state index contributed by atoms with van der Waals surface area (Å²) in [5, 5.41) is 11.1. The lowest BCUT2D eigenvalue weighted by Crippen LogP contribution is -2.49. The van der Waals surface area contributed by atoms with Crippen molar-refractivity contribution in [3.05, 3.63) is 42.6 Å². The number of aromatic nitrogens is 2. The summed E-state index contributed by atoms with van der Waals surface area (Å²) >= 11 is 1.57. The highest BCUT2D eigenvalue weighted by Crippen LogP contribution is 2.28. The van der Waals surface area contributed by atoms with Gasteiger partial charge in [0.05, 0.1) is 11.2 Å². The van der Waals surface area contributed by atoms with Gasteiger partial charge in [-0.05, 0) is 39.8 Å². The van der Waals surface area contributed by atoms with Crippen molar-refractivity contribution in [2.24, 2.45) is 0 Å². The summed E-state index contributed by atoms with van der Waals surface area (Å²) in [6.07, 6.45) is 1.78. The number of benzene rings is 1. The Labute approximate surface area is 146 Å². The zero-order valence-corrected chi connectivity index (χ0v) is 15.1. The normalized spacial score (nSPS) is 12.5. The second-order valence-corrected chi connectivity index (χ2v) is 7.75. The van der Waals surface area contributed by atoms with E-state index in [1.165, 1.54) is 0 Å². The zero-order valence-electron chi connectivity index (χ0n) is 14.3. The second-order valence-electron chi connectivity index (χ2n) is 6.78. The van der Waals surface area contributed by atoms with Gasteiger partial charge in [0.25, 0.3) is 0 Å². The average Bonchev–Trinajstić information content (AvgIpc) is 2.96. The van der Waals surface area contributed by atoms with Crippen molar-refractivity contribution in [1.29, 1.82) is 0 Å². The fraction of sp³-hybridized carbons (Fsp3) is 0.333. The molecule has 6 heteroatoms. The van der Waals surface area contributed by atoms with E-state index in [-0.39, 0.29) is 0 Å². The lowest BCUT2D eigenvalue weighted by Gasteiger charge is -2.37. The molecule has 3 rings (SSSR count). The van der Waals surface area contributed by atoms with Crippen LogP contribution in [0.3, 0.4) is 0 Å². The fourth-order valence-electron chi connectivity index (χ4n) is 2.00. The third-order valence-corrected chi connectivity index (χ3v) is 5.29. The molecule has 0 spiro atoms. The van der Waals surface area contributed by atoms with E-state index in [0.717, 1.165) is 26.4 Å². The number of rotatable bonds is 5. The van der Waals surface area contributed by atoms with Crippen LogP contribution in [-0.4, -0.2) is 33.8 Å². The lowest BCUT2D eigenvalue weighted by atomic mass is 9.82. The number of pyridine rings is 1. The fourth-order valence-corrected chi connectivity index (χ4v) is 2.90. The van der Waals surface area contributed by atoms with Gasteiger partial charge in [-0.1, -0.05) is 41.1 Å².